The van der Waals surface area contributed by atoms with Gasteiger partial charge in [-0.2, -0.15) is 0 Å². The second-order valence-electron chi connectivity index (χ2n) is 5.11. The second kappa shape index (κ2) is 5.90. The van der Waals surface area contributed by atoms with Gasteiger partial charge >= 0.3 is 0 Å². The van der Waals surface area contributed by atoms with Gasteiger partial charge in [-0.15, -0.1) is 0 Å². The van der Waals surface area contributed by atoms with Crippen molar-refractivity contribution in [1.82, 2.24) is 5.32 Å². The third kappa shape index (κ3) is 3.26. The first kappa shape index (κ1) is 14.3. The minimum Gasteiger partial charge on any atom is -0.486 e. The Hall–Kier alpha value is -2.11. The number of hydrogen-bond acceptors (Lipinski definition) is 5. The van der Waals surface area contributed by atoms with Gasteiger partial charge in [-0.05, 0) is 20.8 Å². The summed E-state index contributed by atoms with van der Waals surface area (Å²) < 4.78 is 11.0. The molecule has 1 atom stereocenters. The Morgan fingerprint density at radius 3 is 2.40 bits per heavy atom. The summed E-state index contributed by atoms with van der Waals surface area (Å²) in [5, 5.41) is 5.94. The Bertz CT molecular complexity index is 503. The van der Waals surface area contributed by atoms with Crippen LogP contribution >= 0.6 is 0 Å². The van der Waals surface area contributed by atoms with Crippen LogP contribution in [-0.2, 0) is 4.79 Å². The maximum Gasteiger partial charge on any atom is 0.242 e. The molecule has 4 N–H and O–H groups in total. The highest BCUT2D eigenvalue weighted by Gasteiger charge is 2.18. The van der Waals surface area contributed by atoms with Crippen molar-refractivity contribution in [3.8, 4) is 11.5 Å². The van der Waals surface area contributed by atoms with Gasteiger partial charge in [-0.1, -0.05) is 0 Å². The van der Waals surface area contributed by atoms with Gasteiger partial charge < -0.3 is 25.8 Å². The summed E-state index contributed by atoms with van der Waals surface area (Å²) in [4.78, 5) is 11.9. The molecular weight excluding hydrogens is 258 g/mol. The predicted octanol–water partition coefficient (Wildman–Crippen LogP) is 1.36. The first-order chi connectivity index (χ1) is 9.47. The topological polar surface area (TPSA) is 85.6 Å². The highest BCUT2D eigenvalue weighted by Crippen LogP contribution is 2.37. The van der Waals surface area contributed by atoms with Crippen LogP contribution in [0.25, 0.3) is 0 Å². The van der Waals surface area contributed by atoms with E-state index in [2.05, 4.69) is 10.6 Å². The average molecular weight is 279 g/mol. The van der Waals surface area contributed by atoms with Crippen molar-refractivity contribution >= 4 is 17.3 Å². The van der Waals surface area contributed by atoms with Gasteiger partial charge in [0.2, 0.25) is 5.91 Å². The smallest absolute Gasteiger partial charge is 0.242 e. The van der Waals surface area contributed by atoms with Crippen LogP contribution in [0.2, 0.25) is 0 Å². The standard InChI is InChI=1S/C14H21N3O3/c1-8(2)16-14(18)9(3)17-11-7-13-12(6-10(11)15)19-4-5-20-13/h6-9,17H,4-5,15H2,1-3H3,(H,16,18). The highest BCUT2D eigenvalue weighted by atomic mass is 16.6. The summed E-state index contributed by atoms with van der Waals surface area (Å²) in [5.74, 6) is 1.21. The van der Waals surface area contributed by atoms with Gasteiger partial charge in [0.1, 0.15) is 19.3 Å². The number of ether oxygens (including phenoxy) is 2. The molecule has 2 rings (SSSR count). The number of carbonyl (C=O) groups is 1. The molecule has 6 nitrogen and oxygen atoms in total. The molecule has 1 aromatic carbocycles. The molecule has 0 aromatic heterocycles. The highest BCUT2D eigenvalue weighted by molar-refractivity contribution is 5.86. The summed E-state index contributed by atoms with van der Waals surface area (Å²) in [6.07, 6.45) is 0. The Labute approximate surface area is 118 Å². The third-order valence-corrected chi connectivity index (χ3v) is 2.91. The van der Waals surface area contributed by atoms with E-state index in [1.165, 1.54) is 0 Å². The molecule has 1 aliphatic heterocycles. The zero-order chi connectivity index (χ0) is 14.7. The van der Waals surface area contributed by atoms with Crippen molar-refractivity contribution in [2.45, 2.75) is 32.9 Å². The summed E-state index contributed by atoms with van der Waals surface area (Å²) in [6.45, 7) is 6.66. The van der Waals surface area contributed by atoms with Gasteiger partial charge in [-0.25, -0.2) is 0 Å². The Morgan fingerprint density at radius 2 is 1.80 bits per heavy atom. The molecule has 1 amide bonds. The van der Waals surface area contributed by atoms with Crippen LogP contribution in [0.5, 0.6) is 11.5 Å². The SMILES string of the molecule is CC(C)NC(=O)C(C)Nc1cc2c(cc1N)OCCO2. The number of amides is 1. The Kier molecular flexibility index (Phi) is 4.22. The van der Waals surface area contributed by atoms with Crippen LogP contribution in [0, 0.1) is 0 Å². The van der Waals surface area contributed by atoms with E-state index in [1.807, 2.05) is 13.8 Å². The van der Waals surface area contributed by atoms with E-state index >= 15 is 0 Å². The molecular formula is C14H21N3O3. The molecule has 1 aliphatic rings. The molecule has 110 valence electrons. The number of rotatable bonds is 4. The van der Waals surface area contributed by atoms with Crippen LogP contribution in [0.15, 0.2) is 12.1 Å². The van der Waals surface area contributed by atoms with E-state index in [-0.39, 0.29) is 18.0 Å². The number of anilines is 2. The molecule has 0 spiro atoms. The van der Waals surface area contributed by atoms with Gasteiger partial charge in [0.05, 0.1) is 11.4 Å². The van der Waals surface area contributed by atoms with Crippen molar-refractivity contribution in [1.29, 1.82) is 0 Å². The largest absolute Gasteiger partial charge is 0.486 e. The number of nitrogen functional groups attached to an aromatic ring is 1. The monoisotopic (exact) mass is 279 g/mol. The molecule has 1 heterocycles. The zero-order valence-electron chi connectivity index (χ0n) is 12.0. The van der Waals surface area contributed by atoms with E-state index < -0.39 is 0 Å². The first-order valence-corrected chi connectivity index (χ1v) is 6.73. The van der Waals surface area contributed by atoms with Crippen LogP contribution < -0.4 is 25.8 Å². The van der Waals surface area contributed by atoms with E-state index in [0.717, 1.165) is 0 Å². The van der Waals surface area contributed by atoms with E-state index in [0.29, 0.717) is 36.1 Å². The summed E-state index contributed by atoms with van der Waals surface area (Å²) in [6, 6.07) is 3.19. The number of nitrogens with one attached hydrogen (secondary N) is 2. The van der Waals surface area contributed by atoms with E-state index in [1.54, 1.807) is 19.1 Å². The van der Waals surface area contributed by atoms with Crippen molar-refractivity contribution in [3.63, 3.8) is 0 Å². The summed E-state index contributed by atoms with van der Waals surface area (Å²) >= 11 is 0. The first-order valence-electron chi connectivity index (χ1n) is 6.73. The molecule has 20 heavy (non-hydrogen) atoms. The summed E-state index contributed by atoms with van der Waals surface area (Å²) in [5.41, 5.74) is 7.16. The van der Waals surface area contributed by atoms with Crippen molar-refractivity contribution < 1.29 is 14.3 Å². The van der Waals surface area contributed by atoms with Gasteiger partial charge in [0.15, 0.2) is 11.5 Å². The number of fused-ring (bicyclic) bond motifs is 1. The van der Waals surface area contributed by atoms with Crippen LogP contribution in [0.1, 0.15) is 20.8 Å². The normalized spacial score (nSPS) is 14.8. The third-order valence-electron chi connectivity index (χ3n) is 2.91. The van der Waals surface area contributed by atoms with Crippen LogP contribution in [-0.4, -0.2) is 31.2 Å². The lowest BCUT2D eigenvalue weighted by Gasteiger charge is -2.22. The number of carbonyl (C=O) groups excluding carboxylic acids is 1. The lowest BCUT2D eigenvalue weighted by Crippen LogP contribution is -2.41. The fraction of sp³-hybridized carbons (Fsp3) is 0.500. The molecule has 0 saturated heterocycles. The van der Waals surface area contributed by atoms with E-state index in [4.69, 9.17) is 15.2 Å². The number of nitrogens with two attached hydrogens (primary N) is 1. The fourth-order valence-corrected chi connectivity index (χ4v) is 1.94. The van der Waals surface area contributed by atoms with Crippen molar-refractivity contribution in [3.05, 3.63) is 12.1 Å². The number of benzene rings is 1. The molecule has 6 heteroatoms. The maximum absolute atomic E-state index is 11.9. The lowest BCUT2D eigenvalue weighted by molar-refractivity contribution is -0.122. The van der Waals surface area contributed by atoms with Crippen LogP contribution in [0.3, 0.4) is 0 Å². The molecule has 1 aromatic rings. The molecule has 0 aliphatic carbocycles. The van der Waals surface area contributed by atoms with Crippen molar-refractivity contribution in [2.24, 2.45) is 0 Å². The summed E-state index contributed by atoms with van der Waals surface area (Å²) in [7, 11) is 0. The predicted molar refractivity (Wildman–Crippen MR) is 78.2 cm³/mol. The molecule has 0 bridgehead atoms. The van der Waals surface area contributed by atoms with E-state index in [9.17, 15) is 4.79 Å². The van der Waals surface area contributed by atoms with Gasteiger partial charge in [-0.3, -0.25) is 4.79 Å². The van der Waals surface area contributed by atoms with Crippen molar-refractivity contribution in [2.75, 3.05) is 24.3 Å². The van der Waals surface area contributed by atoms with Crippen LogP contribution in [0.4, 0.5) is 11.4 Å². The molecule has 1 unspecified atom stereocenters. The van der Waals surface area contributed by atoms with Gasteiger partial charge in [0.25, 0.3) is 0 Å². The number of hydrogen-bond donors (Lipinski definition) is 3. The Morgan fingerprint density at radius 1 is 1.20 bits per heavy atom. The Balaban J connectivity index is 2.11. The van der Waals surface area contributed by atoms with Gasteiger partial charge in [0, 0.05) is 18.2 Å². The minimum atomic E-state index is -0.387. The minimum absolute atomic E-state index is 0.0747. The molecule has 0 radical (unpaired) electrons. The molecule has 0 saturated carbocycles. The quantitative estimate of drug-likeness (QED) is 0.725. The fourth-order valence-electron chi connectivity index (χ4n) is 1.94. The second-order valence-corrected chi connectivity index (χ2v) is 5.11. The lowest BCUT2D eigenvalue weighted by atomic mass is 10.2. The average Bonchev–Trinajstić information content (AvgIpc) is 2.38. The molecule has 0 fully saturated rings. The maximum atomic E-state index is 11.9. The zero-order valence-corrected chi connectivity index (χ0v) is 12.0.